The molecule has 1 fully saturated rings. The second-order valence-corrected chi connectivity index (χ2v) is 8.68. The lowest BCUT2D eigenvalue weighted by molar-refractivity contribution is -0.115. The minimum atomic E-state index is -0.217. The number of urea groups is 1. The lowest BCUT2D eigenvalue weighted by Crippen LogP contribution is -2.36. The van der Waals surface area contributed by atoms with E-state index in [0.29, 0.717) is 21.8 Å². The standard InChI is InChI=1S/C18H21N5O2S2/c1-10-5-6-13(11(2)7-10)20-17-21-15(24)14(27-17)8-12-9-19-16(26-12)22-18(25)23(3)4/h5-8,12H,9H2,1-4H3,(H,19,22,25)(H,20,21,24)/b14-8-. The first-order chi connectivity index (χ1) is 12.8. The zero-order valence-electron chi connectivity index (χ0n) is 15.6. The fourth-order valence-corrected chi connectivity index (χ4v) is 4.35. The Balaban J connectivity index is 1.64. The molecule has 3 amide bonds. The number of carbonyl (C=O) groups is 2. The number of nitrogens with zero attached hydrogens (tertiary/aromatic N) is 3. The molecule has 2 heterocycles. The van der Waals surface area contributed by atoms with E-state index in [1.807, 2.05) is 32.1 Å². The zero-order valence-corrected chi connectivity index (χ0v) is 17.2. The molecule has 1 unspecified atom stereocenters. The van der Waals surface area contributed by atoms with E-state index in [4.69, 9.17) is 0 Å². The number of benzene rings is 1. The van der Waals surface area contributed by atoms with Crippen molar-refractivity contribution in [3.05, 3.63) is 40.3 Å². The first-order valence-electron chi connectivity index (χ1n) is 8.38. The van der Waals surface area contributed by atoms with Gasteiger partial charge in [-0.1, -0.05) is 29.5 Å². The van der Waals surface area contributed by atoms with Crippen LogP contribution >= 0.6 is 23.5 Å². The van der Waals surface area contributed by atoms with E-state index in [9.17, 15) is 9.59 Å². The second-order valence-electron chi connectivity index (χ2n) is 6.42. The van der Waals surface area contributed by atoms with Gasteiger partial charge in [0.1, 0.15) is 0 Å². The molecule has 1 aromatic rings. The normalized spacial score (nSPS) is 22.1. The number of hydrogen-bond donors (Lipinski definition) is 2. The number of nitrogens with one attached hydrogen (secondary N) is 2. The Morgan fingerprint density at radius 1 is 1.41 bits per heavy atom. The topological polar surface area (TPSA) is 86.2 Å². The SMILES string of the molecule is Cc1ccc(N=C2NC(=O)/C(=C/C3CN=C(NC(=O)N(C)C)S3)S2)c(C)c1. The van der Waals surface area contributed by atoms with E-state index in [1.54, 1.807) is 14.1 Å². The van der Waals surface area contributed by atoms with Crippen LogP contribution in [-0.2, 0) is 4.79 Å². The van der Waals surface area contributed by atoms with Gasteiger partial charge in [-0.3, -0.25) is 15.1 Å². The van der Waals surface area contributed by atoms with Crippen molar-refractivity contribution in [3.63, 3.8) is 0 Å². The fraction of sp³-hybridized carbons (Fsp3) is 0.333. The summed E-state index contributed by atoms with van der Waals surface area (Å²) in [5.74, 6) is -0.158. The van der Waals surface area contributed by atoms with Crippen LogP contribution in [0.15, 0.2) is 39.2 Å². The van der Waals surface area contributed by atoms with Crippen LogP contribution < -0.4 is 10.6 Å². The van der Waals surface area contributed by atoms with Crippen LogP contribution in [0.5, 0.6) is 0 Å². The molecule has 0 radical (unpaired) electrons. The van der Waals surface area contributed by atoms with Gasteiger partial charge < -0.3 is 10.2 Å². The Labute approximate surface area is 166 Å². The van der Waals surface area contributed by atoms with Crippen LogP contribution in [0, 0.1) is 13.8 Å². The molecule has 9 heteroatoms. The molecule has 1 saturated heterocycles. The van der Waals surface area contributed by atoms with Gasteiger partial charge in [0.05, 0.1) is 22.4 Å². The quantitative estimate of drug-likeness (QED) is 0.744. The Morgan fingerprint density at radius 3 is 2.89 bits per heavy atom. The van der Waals surface area contributed by atoms with Crippen molar-refractivity contribution in [2.24, 2.45) is 9.98 Å². The minimum Gasteiger partial charge on any atom is -0.331 e. The molecule has 2 N–H and O–H groups in total. The average Bonchev–Trinajstić information content (AvgIpc) is 3.17. The molecule has 0 aliphatic carbocycles. The minimum absolute atomic E-state index is 0.0103. The van der Waals surface area contributed by atoms with Crippen LogP contribution in [-0.4, -0.2) is 53.1 Å². The molecule has 1 aromatic carbocycles. The summed E-state index contributed by atoms with van der Waals surface area (Å²) in [7, 11) is 3.34. The molecule has 0 saturated carbocycles. The van der Waals surface area contributed by atoms with Gasteiger partial charge in [-0.15, -0.1) is 0 Å². The third kappa shape index (κ3) is 4.92. The van der Waals surface area contributed by atoms with Gasteiger partial charge in [0.15, 0.2) is 10.3 Å². The molecule has 7 nitrogen and oxygen atoms in total. The van der Waals surface area contributed by atoms with Crippen molar-refractivity contribution in [1.82, 2.24) is 15.5 Å². The lowest BCUT2D eigenvalue weighted by atomic mass is 10.1. The van der Waals surface area contributed by atoms with Crippen LogP contribution in [0.3, 0.4) is 0 Å². The summed E-state index contributed by atoms with van der Waals surface area (Å²) < 4.78 is 0. The first-order valence-corrected chi connectivity index (χ1v) is 10.1. The van der Waals surface area contributed by atoms with E-state index in [2.05, 4.69) is 26.7 Å². The maximum atomic E-state index is 12.2. The molecule has 0 bridgehead atoms. The predicted octanol–water partition coefficient (Wildman–Crippen LogP) is 2.78. The van der Waals surface area contributed by atoms with Crippen molar-refractivity contribution in [2.75, 3.05) is 20.6 Å². The van der Waals surface area contributed by atoms with Crippen molar-refractivity contribution in [3.8, 4) is 0 Å². The maximum absolute atomic E-state index is 12.2. The van der Waals surface area contributed by atoms with Gasteiger partial charge in [0.25, 0.3) is 5.91 Å². The van der Waals surface area contributed by atoms with Gasteiger partial charge in [-0.2, -0.15) is 0 Å². The number of rotatable bonds is 2. The van der Waals surface area contributed by atoms with E-state index < -0.39 is 0 Å². The number of amides is 3. The largest absolute Gasteiger partial charge is 0.331 e. The third-order valence-corrected chi connectivity index (χ3v) is 5.83. The molecule has 3 rings (SSSR count). The summed E-state index contributed by atoms with van der Waals surface area (Å²) >= 11 is 2.76. The Morgan fingerprint density at radius 2 is 2.19 bits per heavy atom. The van der Waals surface area contributed by atoms with Crippen molar-refractivity contribution in [2.45, 2.75) is 19.1 Å². The van der Waals surface area contributed by atoms with E-state index in [1.165, 1.54) is 34.0 Å². The molecule has 1 atom stereocenters. The van der Waals surface area contributed by atoms with E-state index in [-0.39, 0.29) is 17.2 Å². The van der Waals surface area contributed by atoms with E-state index >= 15 is 0 Å². The fourth-order valence-electron chi connectivity index (χ4n) is 2.45. The van der Waals surface area contributed by atoms with Gasteiger partial charge in [-0.25, -0.2) is 9.79 Å². The van der Waals surface area contributed by atoms with Gasteiger partial charge in [-0.05, 0) is 43.3 Å². The number of aliphatic imine (C=N–C) groups is 2. The predicted molar refractivity (Wildman–Crippen MR) is 113 cm³/mol. The summed E-state index contributed by atoms with van der Waals surface area (Å²) in [5, 5.41) is 6.70. The number of aryl methyl sites for hydroxylation is 2. The van der Waals surface area contributed by atoms with Crippen molar-refractivity contribution in [1.29, 1.82) is 0 Å². The summed E-state index contributed by atoms with van der Waals surface area (Å²) in [5.41, 5.74) is 3.09. The Kier molecular flexibility index (Phi) is 5.91. The summed E-state index contributed by atoms with van der Waals surface area (Å²) in [6.45, 7) is 4.56. The zero-order chi connectivity index (χ0) is 19.6. The third-order valence-electron chi connectivity index (χ3n) is 3.86. The lowest BCUT2D eigenvalue weighted by Gasteiger charge is -2.11. The highest BCUT2D eigenvalue weighted by Gasteiger charge is 2.27. The molecular weight excluding hydrogens is 382 g/mol. The van der Waals surface area contributed by atoms with Crippen LogP contribution in [0.4, 0.5) is 10.5 Å². The monoisotopic (exact) mass is 403 g/mol. The second kappa shape index (κ2) is 8.18. The highest BCUT2D eigenvalue weighted by Crippen LogP contribution is 2.31. The summed E-state index contributed by atoms with van der Waals surface area (Å²) in [6, 6.07) is 5.80. The molecule has 2 aliphatic rings. The van der Waals surface area contributed by atoms with Crippen molar-refractivity contribution < 1.29 is 9.59 Å². The van der Waals surface area contributed by atoms with Gasteiger partial charge >= 0.3 is 6.03 Å². The summed E-state index contributed by atoms with van der Waals surface area (Å²) in [4.78, 5) is 34.9. The van der Waals surface area contributed by atoms with Crippen molar-refractivity contribution >= 4 is 51.5 Å². The molecule has 142 valence electrons. The smallest absolute Gasteiger partial charge is 0.322 e. The molecular formula is C18H21N5O2S2. The highest BCUT2D eigenvalue weighted by atomic mass is 32.2. The molecule has 27 heavy (non-hydrogen) atoms. The number of hydrogen-bond acceptors (Lipinski definition) is 6. The maximum Gasteiger partial charge on any atom is 0.322 e. The van der Waals surface area contributed by atoms with Gasteiger partial charge in [0, 0.05) is 14.1 Å². The average molecular weight is 404 g/mol. The van der Waals surface area contributed by atoms with Gasteiger partial charge in [0.2, 0.25) is 0 Å². The first kappa shape index (κ1) is 19.5. The Bertz CT molecular complexity index is 877. The van der Waals surface area contributed by atoms with Crippen LogP contribution in [0.2, 0.25) is 0 Å². The molecule has 0 aromatic heterocycles. The van der Waals surface area contributed by atoms with Crippen LogP contribution in [0.25, 0.3) is 0 Å². The molecule has 2 aliphatic heterocycles. The Hall–Kier alpha value is -2.26. The molecule has 0 spiro atoms. The van der Waals surface area contributed by atoms with Crippen LogP contribution in [0.1, 0.15) is 11.1 Å². The number of thioether (sulfide) groups is 2. The van der Waals surface area contributed by atoms with E-state index in [0.717, 1.165) is 11.3 Å². The highest BCUT2D eigenvalue weighted by molar-refractivity contribution is 8.18. The number of amidine groups is 2. The number of carbonyl (C=O) groups excluding carboxylic acids is 2. The summed E-state index contributed by atoms with van der Waals surface area (Å²) in [6.07, 6.45) is 1.88.